The molecule has 4 rings (SSSR count). The highest BCUT2D eigenvalue weighted by Gasteiger charge is 2.27. The van der Waals surface area contributed by atoms with Crippen molar-refractivity contribution < 1.29 is 13.2 Å². The summed E-state index contributed by atoms with van der Waals surface area (Å²) in [5, 5.41) is 0.999. The number of para-hydroxylation sites is 1. The van der Waals surface area contributed by atoms with E-state index in [1.807, 2.05) is 31.2 Å². The van der Waals surface area contributed by atoms with Gasteiger partial charge in [-0.1, -0.05) is 18.2 Å². The maximum absolute atomic E-state index is 12.9. The Labute approximate surface area is 170 Å². The molecule has 2 aromatic carbocycles. The van der Waals surface area contributed by atoms with E-state index < -0.39 is 10.0 Å². The number of nitrogens with zero attached hydrogens (tertiary/aromatic N) is 4. The molecule has 1 aromatic heterocycles. The smallest absolute Gasteiger partial charge is 0.254 e. The molecule has 2 heterocycles. The van der Waals surface area contributed by atoms with Crippen molar-refractivity contribution in [2.75, 3.05) is 24.2 Å². The molecule has 0 saturated carbocycles. The van der Waals surface area contributed by atoms with Crippen molar-refractivity contribution >= 4 is 32.5 Å². The number of carbonyl (C=O) groups is 1. The lowest BCUT2D eigenvalue weighted by Crippen LogP contribution is -2.28. The first kappa shape index (κ1) is 19.3. The van der Waals surface area contributed by atoms with Gasteiger partial charge in [0.25, 0.3) is 5.91 Å². The van der Waals surface area contributed by atoms with Crippen LogP contribution in [0.2, 0.25) is 0 Å². The highest BCUT2D eigenvalue weighted by Crippen LogP contribution is 2.31. The summed E-state index contributed by atoms with van der Waals surface area (Å²) >= 11 is 0. The Morgan fingerprint density at radius 3 is 2.69 bits per heavy atom. The van der Waals surface area contributed by atoms with Gasteiger partial charge in [0.1, 0.15) is 5.82 Å². The highest BCUT2D eigenvalue weighted by atomic mass is 32.2. The third-order valence-corrected chi connectivity index (χ3v) is 6.33. The van der Waals surface area contributed by atoms with Gasteiger partial charge >= 0.3 is 0 Å². The highest BCUT2D eigenvalue weighted by molar-refractivity contribution is 7.92. The summed E-state index contributed by atoms with van der Waals surface area (Å²) < 4.78 is 25.1. The molecular weight excluding hydrogens is 388 g/mol. The SMILES string of the molecule is Cc1nc(CN(C)C(=O)c2ccc3c(c2)CCN3S(C)(=O)=O)nc2ccccc12. The van der Waals surface area contributed by atoms with Crippen molar-refractivity contribution in [3.63, 3.8) is 0 Å². The molecule has 0 saturated heterocycles. The van der Waals surface area contributed by atoms with Gasteiger partial charge in [0.2, 0.25) is 10.0 Å². The Morgan fingerprint density at radius 2 is 1.93 bits per heavy atom. The van der Waals surface area contributed by atoms with E-state index in [1.165, 1.54) is 10.6 Å². The second-order valence-corrected chi connectivity index (χ2v) is 9.24. The predicted molar refractivity (Wildman–Crippen MR) is 112 cm³/mol. The van der Waals surface area contributed by atoms with Crippen LogP contribution in [-0.2, 0) is 23.0 Å². The van der Waals surface area contributed by atoms with Crippen LogP contribution < -0.4 is 4.31 Å². The van der Waals surface area contributed by atoms with Gasteiger partial charge in [-0.05, 0) is 43.2 Å². The van der Waals surface area contributed by atoms with Gasteiger partial charge in [-0.3, -0.25) is 9.10 Å². The van der Waals surface area contributed by atoms with Crippen LogP contribution in [0.4, 0.5) is 5.69 Å². The standard InChI is InChI=1S/C21H22N4O3S/c1-14-17-6-4-5-7-18(17)23-20(22-14)13-24(2)21(26)16-8-9-19-15(12-16)10-11-25(19)29(3,27)28/h4-9,12H,10-11,13H2,1-3H3. The molecule has 0 fully saturated rings. The van der Waals surface area contributed by atoms with Crippen LogP contribution in [0.5, 0.6) is 0 Å². The first-order chi connectivity index (χ1) is 13.7. The molecule has 0 radical (unpaired) electrons. The third-order valence-electron chi connectivity index (χ3n) is 5.15. The Hall–Kier alpha value is -3.00. The summed E-state index contributed by atoms with van der Waals surface area (Å²) in [6.07, 6.45) is 1.79. The fourth-order valence-corrected chi connectivity index (χ4v) is 4.68. The van der Waals surface area contributed by atoms with Crippen LogP contribution in [0.15, 0.2) is 42.5 Å². The second kappa shape index (κ2) is 7.11. The molecule has 0 unspecified atom stereocenters. The van der Waals surface area contributed by atoms with E-state index in [1.54, 1.807) is 30.1 Å². The fourth-order valence-electron chi connectivity index (χ4n) is 3.72. The number of aryl methyl sites for hydroxylation is 1. The zero-order valence-electron chi connectivity index (χ0n) is 16.6. The van der Waals surface area contributed by atoms with E-state index in [4.69, 9.17) is 0 Å². The number of hydrogen-bond acceptors (Lipinski definition) is 5. The first-order valence-corrected chi connectivity index (χ1v) is 11.2. The van der Waals surface area contributed by atoms with E-state index >= 15 is 0 Å². The maximum Gasteiger partial charge on any atom is 0.254 e. The van der Waals surface area contributed by atoms with Crippen LogP contribution >= 0.6 is 0 Å². The maximum atomic E-state index is 12.9. The van der Waals surface area contributed by atoms with Gasteiger partial charge in [-0.25, -0.2) is 18.4 Å². The topological polar surface area (TPSA) is 83.5 Å². The molecule has 0 atom stereocenters. The number of carbonyl (C=O) groups excluding carboxylic acids is 1. The molecule has 0 N–H and O–H groups in total. The lowest BCUT2D eigenvalue weighted by molar-refractivity contribution is 0.0781. The number of hydrogen-bond donors (Lipinski definition) is 0. The zero-order valence-corrected chi connectivity index (χ0v) is 17.4. The molecule has 3 aromatic rings. The average Bonchev–Trinajstić information content (AvgIpc) is 3.11. The number of benzene rings is 2. The molecule has 8 heteroatoms. The minimum atomic E-state index is -3.31. The molecule has 7 nitrogen and oxygen atoms in total. The molecule has 150 valence electrons. The summed E-state index contributed by atoms with van der Waals surface area (Å²) in [4.78, 5) is 23.6. The lowest BCUT2D eigenvalue weighted by atomic mass is 10.1. The van der Waals surface area contributed by atoms with Crippen molar-refractivity contribution in [2.24, 2.45) is 0 Å². The Bertz CT molecular complexity index is 1220. The summed E-state index contributed by atoms with van der Waals surface area (Å²) in [7, 11) is -1.59. The number of aromatic nitrogens is 2. The fraction of sp³-hybridized carbons (Fsp3) is 0.286. The van der Waals surface area contributed by atoms with Gasteiger partial charge in [0.05, 0.1) is 24.0 Å². The normalized spacial score (nSPS) is 13.6. The van der Waals surface area contributed by atoms with Crippen LogP contribution in [0.1, 0.15) is 27.4 Å². The molecule has 0 aliphatic carbocycles. The Kier molecular flexibility index (Phi) is 4.74. The monoisotopic (exact) mass is 410 g/mol. The van der Waals surface area contributed by atoms with Gasteiger partial charge in [0.15, 0.2) is 0 Å². The number of rotatable bonds is 4. The molecular formula is C21H22N4O3S. The van der Waals surface area contributed by atoms with Crippen LogP contribution in [0.25, 0.3) is 10.9 Å². The van der Waals surface area contributed by atoms with Crippen molar-refractivity contribution in [3.05, 3.63) is 65.1 Å². The van der Waals surface area contributed by atoms with E-state index in [-0.39, 0.29) is 12.5 Å². The largest absolute Gasteiger partial charge is 0.334 e. The van der Waals surface area contributed by atoms with Crippen LogP contribution in [0.3, 0.4) is 0 Å². The molecule has 1 aliphatic rings. The molecule has 0 bridgehead atoms. The summed E-state index contributed by atoms with van der Waals surface area (Å²) in [5.41, 5.74) is 3.78. The van der Waals surface area contributed by atoms with Crippen LogP contribution in [0, 0.1) is 6.92 Å². The second-order valence-electron chi connectivity index (χ2n) is 7.33. The van der Waals surface area contributed by atoms with Crippen molar-refractivity contribution in [2.45, 2.75) is 19.9 Å². The summed E-state index contributed by atoms with van der Waals surface area (Å²) in [5.74, 6) is 0.432. The number of fused-ring (bicyclic) bond motifs is 2. The van der Waals surface area contributed by atoms with Crippen LogP contribution in [-0.4, -0.2) is 49.0 Å². The van der Waals surface area contributed by atoms with E-state index in [2.05, 4.69) is 9.97 Å². The van der Waals surface area contributed by atoms with Crippen molar-refractivity contribution in [1.82, 2.24) is 14.9 Å². The van der Waals surface area contributed by atoms with Gasteiger partial charge in [0, 0.05) is 30.2 Å². The number of amides is 1. The van der Waals surface area contributed by atoms with E-state index in [0.29, 0.717) is 30.0 Å². The molecule has 29 heavy (non-hydrogen) atoms. The van der Waals surface area contributed by atoms with Gasteiger partial charge < -0.3 is 4.90 Å². The zero-order chi connectivity index (χ0) is 20.8. The molecule has 1 amide bonds. The molecule has 0 spiro atoms. The van der Waals surface area contributed by atoms with Gasteiger partial charge in [-0.2, -0.15) is 0 Å². The third kappa shape index (κ3) is 3.67. The summed E-state index contributed by atoms with van der Waals surface area (Å²) in [6.45, 7) is 2.63. The number of sulfonamides is 1. The number of anilines is 1. The average molecular weight is 410 g/mol. The lowest BCUT2D eigenvalue weighted by Gasteiger charge is -2.19. The van der Waals surface area contributed by atoms with Crippen molar-refractivity contribution in [1.29, 1.82) is 0 Å². The minimum absolute atomic E-state index is 0.153. The Morgan fingerprint density at radius 1 is 1.17 bits per heavy atom. The van der Waals surface area contributed by atoms with Gasteiger partial charge in [-0.15, -0.1) is 0 Å². The predicted octanol–water partition coefficient (Wildman–Crippen LogP) is 2.53. The Balaban J connectivity index is 1.56. The van der Waals surface area contributed by atoms with Crippen molar-refractivity contribution in [3.8, 4) is 0 Å². The van der Waals surface area contributed by atoms with E-state index in [9.17, 15) is 13.2 Å². The quantitative estimate of drug-likeness (QED) is 0.660. The summed E-state index contributed by atoms with van der Waals surface area (Å²) in [6, 6.07) is 13.0. The van der Waals surface area contributed by atoms with E-state index in [0.717, 1.165) is 22.2 Å². The minimum Gasteiger partial charge on any atom is -0.334 e. The molecule has 1 aliphatic heterocycles. The first-order valence-electron chi connectivity index (χ1n) is 9.32.